The van der Waals surface area contributed by atoms with Gasteiger partial charge in [0.15, 0.2) is 0 Å². The van der Waals surface area contributed by atoms with Gasteiger partial charge in [-0.25, -0.2) is 4.39 Å². The summed E-state index contributed by atoms with van der Waals surface area (Å²) >= 11 is 6.07. The second-order valence-electron chi connectivity index (χ2n) is 5.15. The minimum atomic E-state index is -0.372. The highest BCUT2D eigenvalue weighted by atomic mass is 35.5. The summed E-state index contributed by atoms with van der Waals surface area (Å²) in [6.45, 7) is 6.85. The number of rotatable bonds is 5. The van der Waals surface area contributed by atoms with Crippen LogP contribution in [0.25, 0.3) is 0 Å². The van der Waals surface area contributed by atoms with Crippen LogP contribution in [0.5, 0.6) is 0 Å². The molecule has 0 bridgehead atoms. The van der Waals surface area contributed by atoms with Gasteiger partial charge in [-0.2, -0.15) is 0 Å². The number of halogens is 2. The molecule has 2 rings (SSSR count). The molecule has 1 aromatic carbocycles. The van der Waals surface area contributed by atoms with E-state index >= 15 is 0 Å². The van der Waals surface area contributed by atoms with Crippen LogP contribution < -0.4 is 5.32 Å². The Kier molecular flexibility index (Phi) is 5.32. The molecule has 1 unspecified atom stereocenters. The minimum Gasteiger partial charge on any atom is -0.310 e. The maximum absolute atomic E-state index is 13.6. The van der Waals surface area contributed by atoms with Gasteiger partial charge in [-0.1, -0.05) is 36.7 Å². The number of aromatic nitrogens is 1. The van der Waals surface area contributed by atoms with Crippen LogP contribution in [0.3, 0.4) is 0 Å². The summed E-state index contributed by atoms with van der Waals surface area (Å²) in [6.07, 6.45) is 0.635. The van der Waals surface area contributed by atoms with Crippen LogP contribution in [-0.2, 0) is 6.42 Å². The molecule has 112 valence electrons. The third-order valence-electron chi connectivity index (χ3n) is 3.55. The second kappa shape index (κ2) is 7.01. The van der Waals surface area contributed by atoms with E-state index in [1.54, 1.807) is 6.07 Å². The van der Waals surface area contributed by atoms with Gasteiger partial charge in [0.25, 0.3) is 0 Å². The number of benzene rings is 1. The number of pyridine rings is 1. The summed E-state index contributed by atoms with van der Waals surface area (Å²) in [4.78, 5) is 4.51. The Morgan fingerprint density at radius 3 is 2.67 bits per heavy atom. The number of aryl methyl sites for hydroxylation is 2. The second-order valence-corrected chi connectivity index (χ2v) is 5.53. The average molecular weight is 307 g/mol. The molecule has 1 atom stereocenters. The lowest BCUT2D eigenvalue weighted by Gasteiger charge is -2.21. The van der Waals surface area contributed by atoms with E-state index in [0.717, 1.165) is 29.1 Å². The van der Waals surface area contributed by atoms with Crippen molar-refractivity contribution in [2.24, 2.45) is 0 Å². The van der Waals surface area contributed by atoms with Crippen molar-refractivity contribution in [1.82, 2.24) is 10.3 Å². The van der Waals surface area contributed by atoms with Crippen molar-refractivity contribution in [2.45, 2.75) is 33.2 Å². The Morgan fingerprint density at radius 2 is 2.00 bits per heavy atom. The van der Waals surface area contributed by atoms with E-state index in [1.165, 1.54) is 6.07 Å². The van der Waals surface area contributed by atoms with Crippen molar-refractivity contribution in [1.29, 1.82) is 0 Å². The zero-order valence-corrected chi connectivity index (χ0v) is 13.3. The molecule has 0 saturated carbocycles. The van der Waals surface area contributed by atoms with Gasteiger partial charge < -0.3 is 5.32 Å². The van der Waals surface area contributed by atoms with E-state index < -0.39 is 0 Å². The van der Waals surface area contributed by atoms with Gasteiger partial charge in [-0.15, -0.1) is 0 Å². The SMILES string of the molecule is CCNC(Cc1cccc(F)c1Cl)c1ccc(C)nc1C. The van der Waals surface area contributed by atoms with Gasteiger partial charge in [0, 0.05) is 17.4 Å². The topological polar surface area (TPSA) is 24.9 Å². The van der Waals surface area contributed by atoms with Crippen molar-refractivity contribution >= 4 is 11.6 Å². The molecule has 0 aliphatic carbocycles. The number of nitrogens with zero attached hydrogens (tertiary/aromatic N) is 1. The van der Waals surface area contributed by atoms with Gasteiger partial charge in [0.2, 0.25) is 0 Å². The minimum absolute atomic E-state index is 0.0717. The summed E-state index contributed by atoms with van der Waals surface area (Å²) < 4.78 is 13.6. The molecular formula is C17H20ClFN2. The smallest absolute Gasteiger partial charge is 0.142 e. The molecule has 1 N–H and O–H groups in total. The van der Waals surface area contributed by atoms with Crippen molar-refractivity contribution in [2.75, 3.05) is 6.54 Å². The zero-order chi connectivity index (χ0) is 15.4. The highest BCUT2D eigenvalue weighted by Crippen LogP contribution is 2.26. The quantitative estimate of drug-likeness (QED) is 0.886. The Labute approximate surface area is 130 Å². The third-order valence-corrected chi connectivity index (χ3v) is 3.97. The fourth-order valence-corrected chi connectivity index (χ4v) is 2.73. The van der Waals surface area contributed by atoms with Crippen molar-refractivity contribution < 1.29 is 4.39 Å². The van der Waals surface area contributed by atoms with E-state index in [2.05, 4.69) is 23.3 Å². The highest BCUT2D eigenvalue weighted by Gasteiger charge is 2.17. The van der Waals surface area contributed by atoms with E-state index in [4.69, 9.17) is 11.6 Å². The molecule has 1 aromatic heterocycles. The standard InChI is InChI=1S/C17H20ClFN2/c1-4-20-16(14-9-8-11(2)21-12(14)3)10-13-6-5-7-15(19)17(13)18/h5-9,16,20H,4,10H2,1-3H3. The molecule has 0 saturated heterocycles. The first-order valence-corrected chi connectivity index (χ1v) is 7.51. The summed E-state index contributed by atoms with van der Waals surface area (Å²) in [6, 6.07) is 9.10. The highest BCUT2D eigenvalue weighted by molar-refractivity contribution is 6.31. The number of hydrogen-bond donors (Lipinski definition) is 1. The molecule has 21 heavy (non-hydrogen) atoms. The first kappa shape index (κ1) is 15.9. The van der Waals surface area contributed by atoms with Crippen LogP contribution in [0.15, 0.2) is 30.3 Å². The molecular weight excluding hydrogens is 287 g/mol. The maximum Gasteiger partial charge on any atom is 0.142 e. The molecule has 0 aliphatic rings. The molecule has 0 amide bonds. The van der Waals surface area contributed by atoms with Crippen molar-refractivity contribution in [3.8, 4) is 0 Å². The van der Waals surface area contributed by atoms with Gasteiger partial charge in [-0.3, -0.25) is 4.98 Å². The Morgan fingerprint density at radius 1 is 1.24 bits per heavy atom. The molecule has 0 radical (unpaired) electrons. The zero-order valence-electron chi connectivity index (χ0n) is 12.6. The van der Waals surface area contributed by atoms with Crippen molar-refractivity contribution in [3.05, 3.63) is 63.7 Å². The molecule has 0 spiro atoms. The largest absolute Gasteiger partial charge is 0.310 e. The molecule has 2 aromatic rings. The lowest BCUT2D eigenvalue weighted by molar-refractivity contribution is 0.542. The first-order chi connectivity index (χ1) is 10.0. The van der Waals surface area contributed by atoms with E-state index in [-0.39, 0.29) is 16.9 Å². The van der Waals surface area contributed by atoms with Crippen LogP contribution >= 0.6 is 11.6 Å². The van der Waals surface area contributed by atoms with Crippen LogP contribution in [-0.4, -0.2) is 11.5 Å². The average Bonchev–Trinajstić information content (AvgIpc) is 2.43. The number of nitrogens with one attached hydrogen (secondary N) is 1. The third kappa shape index (κ3) is 3.80. The van der Waals surface area contributed by atoms with E-state index in [9.17, 15) is 4.39 Å². The molecule has 2 nitrogen and oxygen atoms in total. The fraction of sp³-hybridized carbons (Fsp3) is 0.353. The number of hydrogen-bond acceptors (Lipinski definition) is 2. The van der Waals surface area contributed by atoms with Crippen molar-refractivity contribution in [3.63, 3.8) is 0 Å². The summed E-state index contributed by atoms with van der Waals surface area (Å²) in [5.41, 5.74) is 3.93. The molecule has 1 heterocycles. The van der Waals surface area contributed by atoms with Crippen LogP contribution in [0.4, 0.5) is 4.39 Å². The maximum atomic E-state index is 13.6. The summed E-state index contributed by atoms with van der Waals surface area (Å²) in [7, 11) is 0. The first-order valence-electron chi connectivity index (χ1n) is 7.13. The van der Waals surface area contributed by atoms with Gasteiger partial charge >= 0.3 is 0 Å². The van der Waals surface area contributed by atoms with Gasteiger partial charge in [0.05, 0.1) is 5.02 Å². The van der Waals surface area contributed by atoms with Gasteiger partial charge in [-0.05, 0) is 50.1 Å². The van der Waals surface area contributed by atoms with E-state index in [0.29, 0.717) is 6.42 Å². The number of likely N-dealkylation sites (N-methyl/N-ethyl adjacent to an activating group) is 1. The Bertz CT molecular complexity index is 628. The van der Waals surface area contributed by atoms with E-state index in [1.807, 2.05) is 26.0 Å². The lowest BCUT2D eigenvalue weighted by atomic mass is 9.97. The Balaban J connectivity index is 2.33. The normalized spacial score (nSPS) is 12.4. The monoisotopic (exact) mass is 306 g/mol. The Hall–Kier alpha value is -1.45. The van der Waals surface area contributed by atoms with Crippen LogP contribution in [0, 0.1) is 19.7 Å². The summed E-state index contributed by atoms with van der Waals surface area (Å²) in [5, 5.41) is 3.64. The lowest BCUT2D eigenvalue weighted by Crippen LogP contribution is -2.24. The predicted octanol–water partition coefficient (Wildman–Crippen LogP) is 4.38. The fourth-order valence-electron chi connectivity index (χ4n) is 2.53. The predicted molar refractivity (Wildman–Crippen MR) is 85.2 cm³/mol. The van der Waals surface area contributed by atoms with Crippen LogP contribution in [0.2, 0.25) is 5.02 Å². The molecule has 4 heteroatoms. The molecule has 0 fully saturated rings. The molecule has 0 aliphatic heterocycles. The summed E-state index contributed by atoms with van der Waals surface area (Å²) in [5.74, 6) is -0.372. The van der Waals surface area contributed by atoms with Gasteiger partial charge in [0.1, 0.15) is 5.82 Å². The van der Waals surface area contributed by atoms with Crippen LogP contribution in [0.1, 0.15) is 35.5 Å².